The molecule has 1 aromatic heterocycles. The van der Waals surface area contributed by atoms with E-state index in [1.165, 1.54) is 4.90 Å². The third kappa shape index (κ3) is 3.80. The number of hydrogen-bond acceptors (Lipinski definition) is 6. The second-order valence-electron chi connectivity index (χ2n) is 7.50. The lowest BCUT2D eigenvalue weighted by molar-refractivity contribution is -0.132. The van der Waals surface area contributed by atoms with Gasteiger partial charge < -0.3 is 14.4 Å². The molecular formula is C25H22N2O5. The predicted molar refractivity (Wildman–Crippen MR) is 119 cm³/mol. The van der Waals surface area contributed by atoms with Crippen LogP contribution in [0.2, 0.25) is 0 Å². The lowest BCUT2D eigenvalue weighted by Crippen LogP contribution is -2.29. The molecular weight excluding hydrogens is 408 g/mol. The number of aromatic nitrogens is 1. The number of carbonyl (C=O) groups is 2. The van der Waals surface area contributed by atoms with Crippen molar-refractivity contribution in [2.24, 2.45) is 0 Å². The van der Waals surface area contributed by atoms with Crippen LogP contribution < -0.4 is 9.64 Å². The summed E-state index contributed by atoms with van der Waals surface area (Å²) in [5.41, 5.74) is 2.00. The molecule has 1 N–H and O–H groups in total. The van der Waals surface area contributed by atoms with Gasteiger partial charge in [0.05, 0.1) is 11.6 Å². The molecule has 7 heteroatoms. The van der Waals surface area contributed by atoms with Crippen molar-refractivity contribution in [3.8, 4) is 5.75 Å². The second kappa shape index (κ2) is 8.55. The van der Waals surface area contributed by atoms with Crippen LogP contribution in [0.25, 0.3) is 5.76 Å². The van der Waals surface area contributed by atoms with Crippen molar-refractivity contribution < 1.29 is 24.0 Å². The number of ether oxygens (including phenoxy) is 1. The summed E-state index contributed by atoms with van der Waals surface area (Å²) >= 11 is 0. The number of anilines is 1. The lowest BCUT2D eigenvalue weighted by Gasteiger charge is -2.23. The number of nitrogens with zero attached hydrogens (tertiary/aromatic N) is 2. The van der Waals surface area contributed by atoms with Crippen molar-refractivity contribution in [3.05, 3.63) is 95.3 Å². The maximum Gasteiger partial charge on any atom is 0.301 e. The predicted octanol–water partition coefficient (Wildman–Crippen LogP) is 4.48. The molecule has 0 radical (unpaired) electrons. The third-order valence-corrected chi connectivity index (χ3v) is 5.17. The Morgan fingerprint density at radius 3 is 2.59 bits per heavy atom. The highest BCUT2D eigenvalue weighted by molar-refractivity contribution is 6.51. The summed E-state index contributed by atoms with van der Waals surface area (Å²) in [6, 6.07) is 14.7. The van der Waals surface area contributed by atoms with Gasteiger partial charge in [-0.1, -0.05) is 59.8 Å². The molecule has 1 amide bonds. The fourth-order valence-corrected chi connectivity index (χ4v) is 3.65. The van der Waals surface area contributed by atoms with Gasteiger partial charge in [-0.3, -0.25) is 14.5 Å². The quantitative estimate of drug-likeness (QED) is 0.268. The van der Waals surface area contributed by atoms with Crippen molar-refractivity contribution in [3.63, 3.8) is 0 Å². The molecule has 1 atom stereocenters. The van der Waals surface area contributed by atoms with Gasteiger partial charge in [0.2, 0.25) is 0 Å². The van der Waals surface area contributed by atoms with Crippen LogP contribution in [0, 0.1) is 13.8 Å². The van der Waals surface area contributed by atoms with Gasteiger partial charge in [0, 0.05) is 11.6 Å². The van der Waals surface area contributed by atoms with Crippen LogP contribution >= 0.6 is 0 Å². The van der Waals surface area contributed by atoms with E-state index in [0.717, 1.165) is 5.56 Å². The third-order valence-electron chi connectivity index (χ3n) is 5.17. The number of amides is 1. The largest absolute Gasteiger partial charge is 0.507 e. The van der Waals surface area contributed by atoms with Gasteiger partial charge in [0.25, 0.3) is 5.78 Å². The number of aliphatic hydroxyl groups excluding tert-OH is 1. The summed E-state index contributed by atoms with van der Waals surface area (Å²) < 4.78 is 10.8. The summed E-state index contributed by atoms with van der Waals surface area (Å²) in [7, 11) is 0. The molecule has 2 heterocycles. The smallest absolute Gasteiger partial charge is 0.301 e. The van der Waals surface area contributed by atoms with E-state index < -0.39 is 17.7 Å². The fraction of sp³-hybridized carbons (Fsp3) is 0.160. The van der Waals surface area contributed by atoms with Crippen LogP contribution in [-0.4, -0.2) is 28.6 Å². The highest BCUT2D eigenvalue weighted by atomic mass is 16.5. The zero-order chi connectivity index (χ0) is 22.8. The minimum atomic E-state index is -0.909. The van der Waals surface area contributed by atoms with Crippen LogP contribution in [0.3, 0.4) is 0 Å². The number of aryl methyl sites for hydroxylation is 2. The highest BCUT2D eigenvalue weighted by Gasteiger charge is 2.48. The monoisotopic (exact) mass is 430 g/mol. The number of carbonyl (C=O) groups excluding carboxylic acids is 2. The standard InChI is InChI=1S/C25H22N2O5/c1-4-12-31-19-7-5-6-18(14-19)22-21(23(28)17-10-8-15(2)9-11-17)24(29)25(30)27(22)20-13-16(3)32-26-20/h4-11,13-14,22,28H,1,12H2,2-3H3. The van der Waals surface area contributed by atoms with Crippen molar-refractivity contribution in [2.45, 2.75) is 19.9 Å². The summed E-state index contributed by atoms with van der Waals surface area (Å²) in [4.78, 5) is 27.4. The van der Waals surface area contributed by atoms with E-state index in [4.69, 9.17) is 9.26 Å². The van der Waals surface area contributed by atoms with Crippen LogP contribution in [-0.2, 0) is 9.59 Å². The van der Waals surface area contributed by atoms with Crippen LogP contribution in [0.5, 0.6) is 5.75 Å². The van der Waals surface area contributed by atoms with Crippen molar-refractivity contribution in [1.82, 2.24) is 5.16 Å². The molecule has 4 rings (SSSR count). The van der Waals surface area contributed by atoms with E-state index in [9.17, 15) is 14.7 Å². The molecule has 32 heavy (non-hydrogen) atoms. The first-order valence-electron chi connectivity index (χ1n) is 10.1. The van der Waals surface area contributed by atoms with Gasteiger partial charge in [-0.15, -0.1) is 0 Å². The zero-order valence-corrected chi connectivity index (χ0v) is 17.7. The van der Waals surface area contributed by atoms with Crippen molar-refractivity contribution in [1.29, 1.82) is 0 Å². The SMILES string of the molecule is C=CCOc1cccc(C2C(=C(O)c3ccc(C)cc3)C(=O)C(=O)N2c2cc(C)on2)c1. The van der Waals surface area contributed by atoms with Gasteiger partial charge in [0.1, 0.15) is 23.9 Å². The first-order chi connectivity index (χ1) is 15.4. The van der Waals surface area contributed by atoms with Crippen molar-refractivity contribution >= 4 is 23.3 Å². The maximum atomic E-state index is 13.1. The molecule has 1 unspecified atom stereocenters. The van der Waals surface area contributed by atoms with Crippen LogP contribution in [0.15, 0.2) is 77.3 Å². The lowest BCUT2D eigenvalue weighted by atomic mass is 9.95. The van der Waals surface area contributed by atoms with Crippen LogP contribution in [0.4, 0.5) is 5.82 Å². The van der Waals surface area contributed by atoms with Gasteiger partial charge in [0.15, 0.2) is 5.82 Å². The zero-order valence-electron chi connectivity index (χ0n) is 17.7. The number of Topliss-reactive ketones (excluding diaryl/α,β-unsaturated/α-hetero) is 1. The number of aliphatic hydroxyl groups is 1. The van der Waals surface area contributed by atoms with Gasteiger partial charge in [-0.05, 0) is 31.5 Å². The Labute approximate surface area is 185 Å². The van der Waals surface area contributed by atoms with Gasteiger partial charge >= 0.3 is 5.91 Å². The van der Waals surface area contributed by atoms with E-state index in [2.05, 4.69) is 11.7 Å². The highest BCUT2D eigenvalue weighted by Crippen LogP contribution is 2.42. The van der Waals surface area contributed by atoms with E-state index in [-0.39, 0.29) is 17.2 Å². The minimum Gasteiger partial charge on any atom is -0.507 e. The Bertz CT molecular complexity index is 1220. The Morgan fingerprint density at radius 1 is 1.19 bits per heavy atom. The Hall–Kier alpha value is -4.13. The first-order valence-corrected chi connectivity index (χ1v) is 10.1. The summed E-state index contributed by atoms with van der Waals surface area (Å²) in [5, 5.41) is 15.0. The summed E-state index contributed by atoms with van der Waals surface area (Å²) in [6.07, 6.45) is 1.62. The van der Waals surface area contributed by atoms with Crippen LogP contribution in [0.1, 0.15) is 28.5 Å². The van der Waals surface area contributed by atoms with E-state index in [1.807, 2.05) is 19.1 Å². The average Bonchev–Trinajstić information content (AvgIpc) is 3.33. The fourth-order valence-electron chi connectivity index (χ4n) is 3.65. The molecule has 7 nitrogen and oxygen atoms in total. The summed E-state index contributed by atoms with van der Waals surface area (Å²) in [6.45, 7) is 7.56. The van der Waals surface area contributed by atoms with E-state index in [0.29, 0.717) is 29.2 Å². The molecule has 1 aliphatic rings. The molecule has 3 aromatic rings. The average molecular weight is 430 g/mol. The molecule has 162 valence electrons. The van der Waals surface area contributed by atoms with E-state index in [1.54, 1.807) is 55.5 Å². The van der Waals surface area contributed by atoms with Gasteiger partial charge in [-0.25, -0.2) is 0 Å². The molecule has 1 saturated heterocycles. The number of ketones is 1. The van der Waals surface area contributed by atoms with Gasteiger partial charge in [-0.2, -0.15) is 0 Å². The number of rotatable bonds is 6. The molecule has 1 aliphatic heterocycles. The van der Waals surface area contributed by atoms with E-state index >= 15 is 0 Å². The summed E-state index contributed by atoms with van der Waals surface area (Å²) in [5.74, 6) is -0.633. The topological polar surface area (TPSA) is 92.9 Å². The first kappa shape index (κ1) is 21.1. The molecule has 0 saturated carbocycles. The molecule has 0 bridgehead atoms. The molecule has 0 spiro atoms. The van der Waals surface area contributed by atoms with Crippen molar-refractivity contribution in [2.75, 3.05) is 11.5 Å². The second-order valence-corrected chi connectivity index (χ2v) is 7.50. The number of benzene rings is 2. The minimum absolute atomic E-state index is 0.0274. The Morgan fingerprint density at radius 2 is 1.94 bits per heavy atom. The Balaban J connectivity index is 1.90. The molecule has 0 aliphatic carbocycles. The Kier molecular flexibility index (Phi) is 5.64. The molecule has 1 fully saturated rings. The maximum absolute atomic E-state index is 13.1. The normalized spacial score (nSPS) is 17.6. The number of hydrogen-bond donors (Lipinski definition) is 1. The molecule has 2 aromatic carbocycles.